The highest BCUT2D eigenvalue weighted by molar-refractivity contribution is 8.00. The van der Waals surface area contributed by atoms with Crippen LogP contribution in [0, 0.1) is 0 Å². The highest BCUT2D eigenvalue weighted by atomic mass is 35.5. The predicted molar refractivity (Wildman–Crippen MR) is 126 cm³/mol. The van der Waals surface area contributed by atoms with Gasteiger partial charge in [0.25, 0.3) is 0 Å². The molecule has 0 amide bonds. The molecule has 1 aromatic heterocycles. The molecule has 1 fully saturated rings. The second-order valence-electron chi connectivity index (χ2n) is 7.94. The number of likely N-dealkylation sites (tertiary alicyclic amines) is 1. The molecule has 4 rings (SSSR count). The van der Waals surface area contributed by atoms with Crippen LogP contribution in [-0.2, 0) is 13.1 Å². The van der Waals surface area contributed by atoms with Crippen LogP contribution in [0.15, 0.2) is 59.8 Å². The van der Waals surface area contributed by atoms with E-state index >= 15 is 0 Å². The zero-order valence-corrected chi connectivity index (χ0v) is 19.3. The molecule has 1 saturated heterocycles. The lowest BCUT2D eigenvalue weighted by molar-refractivity contribution is 0.0994. The number of carbonyl (C=O) groups is 1. The van der Waals surface area contributed by atoms with Crippen LogP contribution < -0.4 is 0 Å². The Labute approximate surface area is 192 Å². The summed E-state index contributed by atoms with van der Waals surface area (Å²) in [5, 5.41) is 10.1. The minimum absolute atomic E-state index is 0.0411. The van der Waals surface area contributed by atoms with Crippen LogP contribution in [0.5, 0.6) is 0 Å². The Morgan fingerprint density at radius 1 is 1.03 bits per heavy atom. The van der Waals surface area contributed by atoms with Crippen LogP contribution in [0.1, 0.15) is 47.9 Å². The number of ketones is 1. The number of hydrogen-bond donors (Lipinski definition) is 0. The van der Waals surface area contributed by atoms with Gasteiger partial charge in [-0.2, -0.15) is 0 Å². The number of aromatic nitrogens is 3. The van der Waals surface area contributed by atoms with E-state index in [2.05, 4.69) is 31.8 Å². The van der Waals surface area contributed by atoms with E-state index in [4.69, 9.17) is 11.6 Å². The van der Waals surface area contributed by atoms with Crippen molar-refractivity contribution in [1.82, 2.24) is 19.7 Å². The number of piperidine rings is 1. The summed E-state index contributed by atoms with van der Waals surface area (Å²) in [4.78, 5) is 15.4. The van der Waals surface area contributed by atoms with E-state index in [1.54, 1.807) is 12.1 Å². The molecule has 1 aliphatic heterocycles. The summed E-state index contributed by atoms with van der Waals surface area (Å²) in [5.74, 6) is 0.995. The van der Waals surface area contributed by atoms with Crippen LogP contribution in [0.4, 0.5) is 0 Å². The molecule has 5 nitrogen and oxygen atoms in total. The predicted octanol–water partition coefficient (Wildman–Crippen LogP) is 5.33. The Hall–Kier alpha value is -2.15. The van der Waals surface area contributed by atoms with Gasteiger partial charge in [-0.25, -0.2) is 0 Å². The summed E-state index contributed by atoms with van der Waals surface area (Å²) in [5.41, 5.74) is 1.81. The first-order chi connectivity index (χ1) is 15.1. The summed E-state index contributed by atoms with van der Waals surface area (Å²) in [7, 11) is 0. The average molecular weight is 455 g/mol. The first-order valence-corrected chi connectivity index (χ1v) is 12.0. The molecular formula is C24H27ClN4OS. The van der Waals surface area contributed by atoms with E-state index in [-0.39, 0.29) is 11.0 Å². The van der Waals surface area contributed by atoms with Gasteiger partial charge in [0.1, 0.15) is 5.82 Å². The van der Waals surface area contributed by atoms with Crippen molar-refractivity contribution in [3.63, 3.8) is 0 Å². The fourth-order valence-electron chi connectivity index (χ4n) is 3.85. The lowest BCUT2D eigenvalue weighted by Crippen LogP contribution is -2.30. The van der Waals surface area contributed by atoms with E-state index in [0.29, 0.717) is 17.1 Å². The van der Waals surface area contributed by atoms with Crippen LogP contribution in [0.25, 0.3) is 0 Å². The first-order valence-electron chi connectivity index (χ1n) is 10.7. The molecule has 7 heteroatoms. The molecule has 1 unspecified atom stereocenters. The number of Topliss-reactive ketones (excluding diaryl/α,β-unsaturated/α-hetero) is 1. The van der Waals surface area contributed by atoms with E-state index in [1.165, 1.54) is 36.6 Å². The number of thioether (sulfide) groups is 1. The largest absolute Gasteiger partial charge is 0.300 e. The van der Waals surface area contributed by atoms with Crippen molar-refractivity contribution in [3.05, 3.63) is 76.6 Å². The van der Waals surface area contributed by atoms with Crippen molar-refractivity contribution in [1.29, 1.82) is 0 Å². The maximum absolute atomic E-state index is 12.9. The van der Waals surface area contributed by atoms with Crippen molar-refractivity contribution in [3.8, 4) is 0 Å². The lowest BCUT2D eigenvalue weighted by atomic mass is 10.1. The Morgan fingerprint density at radius 3 is 2.55 bits per heavy atom. The lowest BCUT2D eigenvalue weighted by Gasteiger charge is -2.26. The van der Waals surface area contributed by atoms with Gasteiger partial charge in [0.15, 0.2) is 10.9 Å². The third-order valence-electron chi connectivity index (χ3n) is 5.55. The highest BCUT2D eigenvalue weighted by Gasteiger charge is 2.23. The molecule has 0 spiro atoms. The fraction of sp³-hybridized carbons (Fsp3) is 0.375. The summed E-state index contributed by atoms with van der Waals surface area (Å²) in [6.07, 6.45) is 3.77. The van der Waals surface area contributed by atoms with Crippen molar-refractivity contribution in [2.45, 2.75) is 49.7 Å². The number of rotatable bonds is 8. The number of hydrogen-bond acceptors (Lipinski definition) is 5. The first kappa shape index (κ1) is 22.1. The van der Waals surface area contributed by atoms with Crippen molar-refractivity contribution in [2.75, 3.05) is 13.1 Å². The zero-order valence-electron chi connectivity index (χ0n) is 17.7. The molecule has 0 radical (unpaired) electrons. The van der Waals surface area contributed by atoms with Crippen LogP contribution in [0.3, 0.4) is 0 Å². The van der Waals surface area contributed by atoms with Crippen LogP contribution in [-0.4, -0.2) is 43.8 Å². The summed E-state index contributed by atoms with van der Waals surface area (Å²) in [6, 6.07) is 17.4. The van der Waals surface area contributed by atoms with E-state index in [9.17, 15) is 4.79 Å². The smallest absolute Gasteiger partial charge is 0.192 e. The Morgan fingerprint density at radius 2 is 1.81 bits per heavy atom. The summed E-state index contributed by atoms with van der Waals surface area (Å²) in [6.45, 7) is 5.60. The number of carbonyl (C=O) groups excluding carboxylic acids is 1. The highest BCUT2D eigenvalue weighted by Crippen LogP contribution is 2.27. The Kier molecular flexibility index (Phi) is 7.43. The maximum atomic E-state index is 12.9. The molecule has 0 aliphatic carbocycles. The van der Waals surface area contributed by atoms with Crippen LogP contribution >= 0.6 is 23.4 Å². The average Bonchev–Trinajstić information content (AvgIpc) is 3.15. The minimum Gasteiger partial charge on any atom is -0.300 e. The maximum Gasteiger partial charge on any atom is 0.192 e. The van der Waals surface area contributed by atoms with Crippen molar-refractivity contribution >= 4 is 29.1 Å². The van der Waals surface area contributed by atoms with E-state index < -0.39 is 0 Å². The Balaban J connectivity index is 1.56. The molecule has 1 aliphatic rings. The van der Waals surface area contributed by atoms with Gasteiger partial charge in [-0.15, -0.1) is 10.2 Å². The molecule has 0 saturated carbocycles. The van der Waals surface area contributed by atoms with Crippen molar-refractivity contribution in [2.24, 2.45) is 0 Å². The third kappa shape index (κ3) is 5.76. The number of benzene rings is 2. The van der Waals surface area contributed by atoms with Crippen molar-refractivity contribution < 1.29 is 4.79 Å². The fourth-order valence-corrected chi connectivity index (χ4v) is 4.99. The van der Waals surface area contributed by atoms with Crippen LogP contribution in [0.2, 0.25) is 5.02 Å². The molecule has 2 aromatic carbocycles. The molecular weight excluding hydrogens is 428 g/mol. The monoisotopic (exact) mass is 454 g/mol. The third-order valence-corrected chi connectivity index (χ3v) is 6.87. The topological polar surface area (TPSA) is 51.0 Å². The van der Waals surface area contributed by atoms with Gasteiger partial charge < -0.3 is 4.57 Å². The van der Waals surface area contributed by atoms with Gasteiger partial charge in [0, 0.05) is 10.6 Å². The molecule has 162 valence electrons. The van der Waals surface area contributed by atoms with Gasteiger partial charge in [-0.05, 0) is 50.6 Å². The SMILES string of the molecule is CC(Sc1nnc(CN2CCCCC2)n1Cc1ccccc1)C(=O)c1cccc(Cl)c1. The van der Waals surface area contributed by atoms with E-state index in [0.717, 1.165) is 30.6 Å². The van der Waals surface area contributed by atoms with Gasteiger partial charge in [0.2, 0.25) is 0 Å². The second kappa shape index (κ2) is 10.4. The van der Waals surface area contributed by atoms with E-state index in [1.807, 2.05) is 37.3 Å². The molecule has 1 atom stereocenters. The van der Waals surface area contributed by atoms with Gasteiger partial charge in [-0.1, -0.05) is 72.2 Å². The number of nitrogens with zero attached hydrogens (tertiary/aromatic N) is 4. The molecule has 0 bridgehead atoms. The van der Waals surface area contributed by atoms with Gasteiger partial charge >= 0.3 is 0 Å². The quantitative estimate of drug-likeness (QED) is 0.340. The normalized spacial score (nSPS) is 15.7. The molecule has 31 heavy (non-hydrogen) atoms. The summed E-state index contributed by atoms with van der Waals surface area (Å²) >= 11 is 7.53. The Bertz CT molecular complexity index is 1020. The number of halogens is 1. The summed E-state index contributed by atoms with van der Waals surface area (Å²) < 4.78 is 2.16. The minimum atomic E-state index is -0.292. The standard InChI is InChI=1S/C24H27ClN4OS/c1-18(23(30)20-11-8-12-21(25)15-20)31-24-27-26-22(17-28-13-6-3-7-14-28)29(24)16-19-9-4-2-5-10-19/h2,4-5,8-12,15,18H,3,6-7,13-14,16-17H2,1H3. The second-order valence-corrected chi connectivity index (χ2v) is 9.69. The molecule has 2 heterocycles. The molecule has 0 N–H and O–H groups in total. The zero-order chi connectivity index (χ0) is 21.6. The van der Waals surface area contributed by atoms with Gasteiger partial charge in [0.05, 0.1) is 18.3 Å². The van der Waals surface area contributed by atoms with Gasteiger partial charge in [-0.3, -0.25) is 9.69 Å². The molecule has 3 aromatic rings.